The van der Waals surface area contributed by atoms with Crippen LogP contribution in [0.2, 0.25) is 0 Å². The van der Waals surface area contributed by atoms with Crippen LogP contribution in [0.1, 0.15) is 63.7 Å². The number of carbonyl (C=O) groups excluding carboxylic acids is 1. The van der Waals surface area contributed by atoms with Crippen molar-refractivity contribution in [3.8, 4) is 16.5 Å². The Bertz CT molecular complexity index is 1810. The molecule has 3 heterocycles. The summed E-state index contributed by atoms with van der Waals surface area (Å²) in [5, 5.41) is 13.3. The summed E-state index contributed by atoms with van der Waals surface area (Å²) in [6, 6.07) is 7.57. The van der Waals surface area contributed by atoms with Gasteiger partial charge in [-0.05, 0) is 76.8 Å². The molecule has 2 aliphatic rings. The van der Waals surface area contributed by atoms with Gasteiger partial charge in [0.05, 0.1) is 42.3 Å². The molecule has 0 bridgehead atoms. The summed E-state index contributed by atoms with van der Waals surface area (Å²) in [5.41, 5.74) is -1.25. The number of methoxy groups -OCH3 is 1. The molecule has 4 aromatic rings. The minimum Gasteiger partial charge on any atom is -0.496 e. The van der Waals surface area contributed by atoms with Crippen molar-refractivity contribution in [3.05, 3.63) is 68.7 Å². The Kier molecular flexibility index (Phi) is 8.49. The molecule has 240 valence electrons. The summed E-state index contributed by atoms with van der Waals surface area (Å²) in [7, 11) is 1.60. The van der Waals surface area contributed by atoms with Crippen LogP contribution in [0.25, 0.3) is 21.0 Å². The van der Waals surface area contributed by atoms with Crippen molar-refractivity contribution in [3.63, 3.8) is 0 Å². The summed E-state index contributed by atoms with van der Waals surface area (Å²) in [6.07, 6.45) is 5.27. The summed E-state index contributed by atoms with van der Waals surface area (Å²) in [6.45, 7) is 7.17. The highest BCUT2D eigenvalue weighted by molar-refractivity contribution is 7.22. The fourth-order valence-electron chi connectivity index (χ4n) is 7.20. The molecule has 12 heteroatoms. The van der Waals surface area contributed by atoms with Crippen LogP contribution in [0.5, 0.6) is 5.75 Å². The molecule has 2 fully saturated rings. The van der Waals surface area contributed by atoms with Gasteiger partial charge in [0.15, 0.2) is 0 Å². The van der Waals surface area contributed by atoms with Crippen molar-refractivity contribution in [2.45, 2.75) is 83.8 Å². The van der Waals surface area contributed by atoms with Crippen LogP contribution in [0, 0.1) is 18.8 Å². The first kappa shape index (κ1) is 31.3. The molecule has 2 N–H and O–H groups in total. The molecule has 6 rings (SSSR count). The summed E-state index contributed by atoms with van der Waals surface area (Å²) in [5.74, 6) is 1.34. The van der Waals surface area contributed by atoms with Crippen LogP contribution in [-0.2, 0) is 21.6 Å². The van der Waals surface area contributed by atoms with E-state index in [2.05, 4.69) is 10.3 Å². The number of fused-ring (bicyclic) bond motifs is 2. The first-order chi connectivity index (χ1) is 21.5. The quantitative estimate of drug-likeness (QED) is 0.262. The molecule has 0 radical (unpaired) electrons. The number of aliphatic hydroxyl groups is 1. The smallest absolute Gasteiger partial charge is 0.333 e. The van der Waals surface area contributed by atoms with Crippen LogP contribution in [0.4, 0.5) is 0 Å². The lowest BCUT2D eigenvalue weighted by atomic mass is 10.0. The minimum absolute atomic E-state index is 0.0702. The van der Waals surface area contributed by atoms with Gasteiger partial charge in [-0.3, -0.25) is 14.2 Å². The summed E-state index contributed by atoms with van der Waals surface area (Å²) in [4.78, 5) is 47.4. The number of aryl methyl sites for hydroxylation is 1. The van der Waals surface area contributed by atoms with E-state index >= 15 is 0 Å². The lowest BCUT2D eigenvalue weighted by Gasteiger charge is -2.29. The third-order valence-electron chi connectivity index (χ3n) is 9.43. The number of nitrogens with one attached hydrogen (secondary N) is 1. The molecular formula is C33H40N4O7S. The predicted octanol–water partition coefficient (Wildman–Crippen LogP) is 4.38. The Balaban J connectivity index is 1.53. The fraction of sp³-hybridized carbons (Fsp3) is 0.515. The second-order valence-electron chi connectivity index (χ2n) is 12.6. The van der Waals surface area contributed by atoms with Gasteiger partial charge in [-0.15, -0.1) is 11.3 Å². The Labute approximate surface area is 264 Å². The van der Waals surface area contributed by atoms with Gasteiger partial charge >= 0.3 is 5.69 Å². The Morgan fingerprint density at radius 1 is 1.20 bits per heavy atom. The van der Waals surface area contributed by atoms with E-state index in [0.717, 1.165) is 35.8 Å². The van der Waals surface area contributed by atoms with Crippen LogP contribution in [-0.4, -0.2) is 51.0 Å². The average Bonchev–Trinajstić information content (AvgIpc) is 3.79. The monoisotopic (exact) mass is 636 g/mol. The molecule has 0 spiro atoms. The number of hydrogen-bond donors (Lipinski definition) is 2. The molecule has 1 amide bonds. The molecule has 3 unspecified atom stereocenters. The van der Waals surface area contributed by atoms with Crippen LogP contribution in [0.15, 0.2) is 50.7 Å². The van der Waals surface area contributed by atoms with Crippen molar-refractivity contribution in [1.82, 2.24) is 19.4 Å². The third-order valence-corrected chi connectivity index (χ3v) is 10.7. The first-order valence-corrected chi connectivity index (χ1v) is 16.3. The van der Waals surface area contributed by atoms with E-state index < -0.39 is 28.8 Å². The normalized spacial score (nSPS) is 22.1. The van der Waals surface area contributed by atoms with Gasteiger partial charge in [0, 0.05) is 12.1 Å². The van der Waals surface area contributed by atoms with E-state index in [1.165, 1.54) is 23.8 Å². The fourth-order valence-corrected chi connectivity index (χ4v) is 8.45. The van der Waals surface area contributed by atoms with Crippen LogP contribution < -0.4 is 21.3 Å². The van der Waals surface area contributed by atoms with Gasteiger partial charge in [-0.2, -0.15) is 0 Å². The molecule has 0 aliphatic heterocycles. The number of amides is 1. The number of likely N-dealkylation sites (N-methyl/N-ethyl adjacent to an activating group) is 1. The Hall–Kier alpha value is -3.74. The van der Waals surface area contributed by atoms with Crippen molar-refractivity contribution < 1.29 is 23.8 Å². The number of nitrogens with zero attached hydrogens (tertiary/aromatic N) is 3. The van der Waals surface area contributed by atoms with E-state index in [0.29, 0.717) is 50.7 Å². The maximum absolute atomic E-state index is 14.5. The van der Waals surface area contributed by atoms with E-state index in [9.17, 15) is 19.5 Å². The SMILES string of the molecule is CCNC(=O)C(C)(C)n1c(=O)c2c(C)c(-c3ncco3)sc2n(CC(OC2C[C@H]3CC(O)C[C@H]3C2)c2ccccc2OC)c1=O. The molecule has 2 aliphatic carbocycles. The largest absolute Gasteiger partial charge is 0.496 e. The number of aliphatic hydroxyl groups excluding tert-OH is 1. The minimum atomic E-state index is -1.48. The summed E-state index contributed by atoms with van der Waals surface area (Å²) < 4.78 is 20.8. The number of hydrogen-bond acceptors (Lipinski definition) is 9. The second kappa shape index (κ2) is 12.2. The highest BCUT2D eigenvalue weighted by atomic mass is 32.1. The van der Waals surface area contributed by atoms with E-state index in [1.54, 1.807) is 39.4 Å². The maximum Gasteiger partial charge on any atom is 0.333 e. The Morgan fingerprint density at radius 3 is 2.56 bits per heavy atom. The van der Waals surface area contributed by atoms with Crippen LogP contribution >= 0.6 is 11.3 Å². The van der Waals surface area contributed by atoms with Gasteiger partial charge in [0.1, 0.15) is 28.5 Å². The van der Waals surface area contributed by atoms with Gasteiger partial charge in [-0.25, -0.2) is 14.3 Å². The number of rotatable bonds is 10. The van der Waals surface area contributed by atoms with Crippen LogP contribution in [0.3, 0.4) is 0 Å². The van der Waals surface area contributed by atoms with Crippen molar-refractivity contribution in [1.29, 1.82) is 0 Å². The number of aromatic nitrogens is 3. The molecular weight excluding hydrogens is 596 g/mol. The lowest BCUT2D eigenvalue weighted by molar-refractivity contribution is -0.128. The molecule has 3 aromatic heterocycles. The number of benzene rings is 1. The molecule has 5 atom stereocenters. The van der Waals surface area contributed by atoms with E-state index in [1.807, 2.05) is 24.3 Å². The van der Waals surface area contributed by atoms with Crippen molar-refractivity contribution >= 4 is 27.5 Å². The number of carbonyl (C=O) groups is 1. The standard InChI is InChI=1S/C33H40N4O7S/c1-6-34-31(40)33(3,4)37-29(39)26-18(2)27(28-35-11-12-43-28)45-30(26)36(32(37)41)17-25(23-9-7-8-10-24(23)42-5)44-22-15-19-13-21(38)14-20(19)16-22/h7-12,19-22,25,38H,6,13-17H2,1-5H3,(H,34,40)/t19-,20+,21?,22?,25?. The molecule has 1 aromatic carbocycles. The van der Waals surface area contributed by atoms with Crippen molar-refractivity contribution in [2.75, 3.05) is 13.7 Å². The van der Waals surface area contributed by atoms with Gasteiger partial charge < -0.3 is 24.3 Å². The number of ether oxygens (including phenoxy) is 2. The second-order valence-corrected chi connectivity index (χ2v) is 13.6. The van der Waals surface area contributed by atoms with Crippen molar-refractivity contribution in [2.24, 2.45) is 11.8 Å². The molecule has 2 saturated carbocycles. The lowest BCUT2D eigenvalue weighted by Crippen LogP contribution is -2.55. The molecule has 11 nitrogen and oxygen atoms in total. The van der Waals surface area contributed by atoms with E-state index in [4.69, 9.17) is 13.9 Å². The van der Waals surface area contributed by atoms with Gasteiger partial charge in [0.25, 0.3) is 5.56 Å². The van der Waals surface area contributed by atoms with E-state index in [-0.39, 0.29) is 18.8 Å². The van der Waals surface area contributed by atoms with Gasteiger partial charge in [0.2, 0.25) is 11.8 Å². The zero-order chi connectivity index (χ0) is 32.0. The highest BCUT2D eigenvalue weighted by Gasteiger charge is 2.43. The zero-order valence-corrected chi connectivity index (χ0v) is 27.1. The Morgan fingerprint density at radius 2 is 1.91 bits per heavy atom. The molecule has 45 heavy (non-hydrogen) atoms. The zero-order valence-electron chi connectivity index (χ0n) is 26.2. The summed E-state index contributed by atoms with van der Waals surface area (Å²) >= 11 is 1.26. The number of para-hydroxylation sites is 1. The number of thiophene rings is 1. The highest BCUT2D eigenvalue weighted by Crippen LogP contribution is 2.47. The predicted molar refractivity (Wildman–Crippen MR) is 171 cm³/mol. The third kappa shape index (κ3) is 5.53. The average molecular weight is 637 g/mol. The first-order valence-electron chi connectivity index (χ1n) is 15.5. The number of oxazole rings is 1. The maximum atomic E-state index is 14.5. The topological polar surface area (TPSA) is 138 Å². The van der Waals surface area contributed by atoms with Gasteiger partial charge in [-0.1, -0.05) is 18.2 Å². The molecule has 0 saturated heterocycles.